The van der Waals surface area contributed by atoms with Crippen LogP contribution in [-0.2, 0) is 9.53 Å². The van der Waals surface area contributed by atoms with E-state index in [2.05, 4.69) is 4.74 Å². The van der Waals surface area contributed by atoms with Crippen LogP contribution in [-0.4, -0.2) is 20.2 Å². The average Bonchev–Trinajstić information content (AvgIpc) is 2.99. The van der Waals surface area contributed by atoms with Gasteiger partial charge in [0.15, 0.2) is 0 Å². The number of hydrogen-bond acceptors (Lipinski definition) is 4. The van der Waals surface area contributed by atoms with E-state index in [0.717, 1.165) is 11.1 Å². The number of hydrogen-bond donors (Lipinski definition) is 0. The summed E-state index contributed by atoms with van der Waals surface area (Å²) in [5, 5.41) is 0.633. The second-order valence-electron chi connectivity index (χ2n) is 4.82. The van der Waals surface area contributed by atoms with Gasteiger partial charge in [-0.3, -0.25) is 0 Å². The highest BCUT2D eigenvalue weighted by molar-refractivity contribution is 6.31. The van der Waals surface area contributed by atoms with Gasteiger partial charge in [-0.25, -0.2) is 4.79 Å². The Morgan fingerprint density at radius 3 is 2.64 bits per heavy atom. The van der Waals surface area contributed by atoms with Gasteiger partial charge < -0.3 is 13.9 Å². The minimum absolute atomic E-state index is 0.421. The quantitative estimate of drug-likeness (QED) is 0.615. The van der Waals surface area contributed by atoms with Crippen molar-refractivity contribution in [2.24, 2.45) is 0 Å². The van der Waals surface area contributed by atoms with Crippen LogP contribution in [0.5, 0.6) is 5.75 Å². The van der Waals surface area contributed by atoms with Gasteiger partial charge in [0.25, 0.3) is 0 Å². The van der Waals surface area contributed by atoms with Crippen LogP contribution >= 0.6 is 11.6 Å². The standard InChI is InChI=1S/C17H17ClO4/c1-10-7-12(16(20-3)9-13(10)18)15-6-5-14(22-15)11(2)8-17(19)21-4/h5-9H,1-4H3/b11-8+. The Bertz CT molecular complexity index is 728. The number of carbonyl (C=O) groups excluding carboxylic acids is 1. The van der Waals surface area contributed by atoms with Gasteiger partial charge in [-0.2, -0.15) is 0 Å². The number of halogens is 1. The van der Waals surface area contributed by atoms with Gasteiger partial charge in [0, 0.05) is 11.1 Å². The molecule has 0 saturated carbocycles. The van der Waals surface area contributed by atoms with E-state index in [9.17, 15) is 4.79 Å². The number of furan rings is 1. The van der Waals surface area contributed by atoms with E-state index >= 15 is 0 Å². The molecular formula is C17H17ClO4. The van der Waals surface area contributed by atoms with Crippen molar-refractivity contribution in [1.29, 1.82) is 0 Å². The van der Waals surface area contributed by atoms with Crippen LogP contribution in [0, 0.1) is 6.92 Å². The molecule has 22 heavy (non-hydrogen) atoms. The van der Waals surface area contributed by atoms with Crippen molar-refractivity contribution in [2.75, 3.05) is 14.2 Å². The number of ether oxygens (including phenoxy) is 2. The Labute approximate surface area is 134 Å². The molecule has 0 radical (unpaired) electrons. The van der Waals surface area contributed by atoms with E-state index in [0.29, 0.717) is 27.9 Å². The smallest absolute Gasteiger partial charge is 0.330 e. The predicted octanol–water partition coefficient (Wildman–Crippen LogP) is 4.49. The zero-order valence-electron chi connectivity index (χ0n) is 12.9. The molecule has 116 valence electrons. The number of rotatable bonds is 4. The molecule has 0 saturated heterocycles. The van der Waals surface area contributed by atoms with Crippen LogP contribution in [0.3, 0.4) is 0 Å². The summed E-state index contributed by atoms with van der Waals surface area (Å²) in [5.74, 6) is 1.45. The Hall–Kier alpha value is -2.20. The molecule has 0 fully saturated rings. The first-order chi connectivity index (χ1) is 10.5. The number of esters is 1. The maximum absolute atomic E-state index is 11.3. The molecule has 0 unspecified atom stereocenters. The van der Waals surface area contributed by atoms with Crippen molar-refractivity contribution in [2.45, 2.75) is 13.8 Å². The van der Waals surface area contributed by atoms with Gasteiger partial charge in [0.2, 0.25) is 0 Å². The number of aryl methyl sites for hydroxylation is 1. The van der Waals surface area contributed by atoms with Crippen molar-refractivity contribution in [1.82, 2.24) is 0 Å². The Balaban J connectivity index is 2.42. The summed E-state index contributed by atoms with van der Waals surface area (Å²) in [5.41, 5.74) is 2.42. The van der Waals surface area contributed by atoms with Gasteiger partial charge in [-0.15, -0.1) is 0 Å². The molecule has 0 atom stereocenters. The van der Waals surface area contributed by atoms with Gasteiger partial charge in [-0.1, -0.05) is 11.6 Å². The molecule has 1 heterocycles. The van der Waals surface area contributed by atoms with E-state index in [1.54, 1.807) is 26.2 Å². The SMILES string of the molecule is COC(=O)/C=C(\C)c1ccc(-c2cc(C)c(Cl)cc2OC)o1. The van der Waals surface area contributed by atoms with Gasteiger partial charge in [0.1, 0.15) is 17.3 Å². The van der Waals surface area contributed by atoms with Crippen LogP contribution in [0.25, 0.3) is 16.9 Å². The third-order valence-electron chi connectivity index (χ3n) is 3.28. The highest BCUT2D eigenvalue weighted by Gasteiger charge is 2.14. The van der Waals surface area contributed by atoms with Crippen LogP contribution in [0.15, 0.2) is 34.8 Å². The molecule has 0 aliphatic heterocycles. The molecule has 1 aromatic heterocycles. The van der Waals surface area contributed by atoms with Crippen LogP contribution in [0.4, 0.5) is 0 Å². The average molecular weight is 321 g/mol. The maximum Gasteiger partial charge on any atom is 0.330 e. The summed E-state index contributed by atoms with van der Waals surface area (Å²) in [6, 6.07) is 7.29. The highest BCUT2D eigenvalue weighted by Crippen LogP contribution is 2.36. The Kier molecular flexibility index (Phi) is 4.93. The van der Waals surface area contributed by atoms with Crippen molar-refractivity contribution in [3.8, 4) is 17.1 Å². The van der Waals surface area contributed by atoms with Crippen molar-refractivity contribution >= 4 is 23.1 Å². The number of allylic oxidation sites excluding steroid dienone is 1. The summed E-state index contributed by atoms with van der Waals surface area (Å²) in [7, 11) is 2.91. The van der Waals surface area contributed by atoms with Crippen LogP contribution < -0.4 is 4.74 Å². The molecule has 0 aliphatic rings. The lowest BCUT2D eigenvalue weighted by Crippen LogP contribution is -1.95. The molecule has 0 N–H and O–H groups in total. The van der Waals surface area contributed by atoms with Gasteiger partial charge in [0.05, 0.1) is 19.8 Å². The highest BCUT2D eigenvalue weighted by atomic mass is 35.5. The molecule has 2 aromatic rings. The van der Waals surface area contributed by atoms with Crippen molar-refractivity contribution in [3.05, 3.63) is 46.7 Å². The largest absolute Gasteiger partial charge is 0.496 e. The topological polar surface area (TPSA) is 48.7 Å². The van der Waals surface area contributed by atoms with Crippen molar-refractivity contribution in [3.63, 3.8) is 0 Å². The second-order valence-corrected chi connectivity index (χ2v) is 5.22. The Morgan fingerprint density at radius 1 is 1.27 bits per heavy atom. The zero-order chi connectivity index (χ0) is 16.3. The number of benzene rings is 1. The third-order valence-corrected chi connectivity index (χ3v) is 3.68. The van der Waals surface area contributed by atoms with E-state index in [4.69, 9.17) is 20.8 Å². The number of methoxy groups -OCH3 is 2. The molecule has 2 rings (SSSR count). The fraction of sp³-hybridized carbons (Fsp3) is 0.235. The monoisotopic (exact) mass is 320 g/mol. The molecule has 1 aromatic carbocycles. The molecule has 4 nitrogen and oxygen atoms in total. The van der Waals surface area contributed by atoms with E-state index in [-0.39, 0.29) is 0 Å². The van der Waals surface area contributed by atoms with Crippen molar-refractivity contribution < 1.29 is 18.7 Å². The first-order valence-electron chi connectivity index (χ1n) is 6.67. The normalized spacial score (nSPS) is 11.4. The zero-order valence-corrected chi connectivity index (χ0v) is 13.7. The first kappa shape index (κ1) is 16.2. The van der Waals surface area contributed by atoms with Gasteiger partial charge in [-0.05, 0) is 49.2 Å². The fourth-order valence-corrected chi connectivity index (χ4v) is 2.18. The summed E-state index contributed by atoms with van der Waals surface area (Å²) in [6.07, 6.45) is 1.38. The fourth-order valence-electron chi connectivity index (χ4n) is 2.03. The van der Waals surface area contributed by atoms with E-state index in [1.807, 2.05) is 19.1 Å². The Morgan fingerprint density at radius 2 is 2.00 bits per heavy atom. The lowest BCUT2D eigenvalue weighted by molar-refractivity contribution is -0.134. The number of carbonyl (C=O) groups is 1. The molecule has 5 heteroatoms. The minimum atomic E-state index is -0.421. The molecular weight excluding hydrogens is 304 g/mol. The summed E-state index contributed by atoms with van der Waals surface area (Å²) < 4.78 is 15.8. The lowest BCUT2D eigenvalue weighted by Gasteiger charge is -2.09. The summed E-state index contributed by atoms with van der Waals surface area (Å²) in [4.78, 5) is 11.3. The van der Waals surface area contributed by atoms with E-state index < -0.39 is 5.97 Å². The van der Waals surface area contributed by atoms with Crippen LogP contribution in [0.1, 0.15) is 18.2 Å². The predicted molar refractivity (Wildman–Crippen MR) is 86.1 cm³/mol. The molecule has 0 bridgehead atoms. The lowest BCUT2D eigenvalue weighted by atomic mass is 10.1. The molecule has 0 aliphatic carbocycles. The molecule has 0 spiro atoms. The molecule has 0 amide bonds. The van der Waals surface area contributed by atoms with E-state index in [1.165, 1.54) is 13.2 Å². The third kappa shape index (κ3) is 3.34. The summed E-state index contributed by atoms with van der Waals surface area (Å²) in [6.45, 7) is 3.70. The van der Waals surface area contributed by atoms with Crippen LogP contribution in [0.2, 0.25) is 5.02 Å². The van der Waals surface area contributed by atoms with Gasteiger partial charge >= 0.3 is 5.97 Å². The first-order valence-corrected chi connectivity index (χ1v) is 7.05. The maximum atomic E-state index is 11.3. The summed E-state index contributed by atoms with van der Waals surface area (Å²) >= 11 is 6.11. The minimum Gasteiger partial charge on any atom is -0.496 e. The second kappa shape index (κ2) is 6.71.